The Bertz CT molecular complexity index is 858. The Labute approximate surface area is 146 Å². The summed E-state index contributed by atoms with van der Waals surface area (Å²) in [7, 11) is 0. The van der Waals surface area contributed by atoms with Crippen LogP contribution in [0.4, 0.5) is 21.5 Å². The highest BCUT2D eigenvalue weighted by atomic mass is 19.1. The third-order valence-electron chi connectivity index (χ3n) is 3.82. The van der Waals surface area contributed by atoms with Crippen molar-refractivity contribution in [2.24, 2.45) is 0 Å². The zero-order valence-corrected chi connectivity index (χ0v) is 13.9. The van der Waals surface area contributed by atoms with Gasteiger partial charge >= 0.3 is 0 Å². The molecule has 0 aliphatic carbocycles. The molecule has 1 amide bonds. The van der Waals surface area contributed by atoms with Crippen molar-refractivity contribution in [1.29, 1.82) is 0 Å². The first kappa shape index (κ1) is 16.7. The monoisotopic (exact) mass is 334 g/mol. The van der Waals surface area contributed by atoms with E-state index in [1.807, 2.05) is 55.5 Å². The number of carbonyl (C=O) groups is 1. The third-order valence-corrected chi connectivity index (χ3v) is 3.82. The van der Waals surface area contributed by atoms with Crippen molar-refractivity contribution in [3.63, 3.8) is 0 Å². The lowest BCUT2D eigenvalue weighted by atomic mass is 10.1. The molecule has 0 heterocycles. The van der Waals surface area contributed by atoms with Crippen LogP contribution in [0.25, 0.3) is 0 Å². The van der Waals surface area contributed by atoms with E-state index in [0.717, 1.165) is 11.4 Å². The lowest BCUT2D eigenvalue weighted by Gasteiger charge is -2.09. The van der Waals surface area contributed by atoms with Gasteiger partial charge in [0, 0.05) is 17.1 Å². The fraction of sp³-hybridized carbons (Fsp3) is 0.0952. The Hall–Kier alpha value is -3.14. The van der Waals surface area contributed by atoms with Gasteiger partial charge in [0.05, 0.1) is 6.42 Å². The molecule has 0 saturated carbocycles. The summed E-state index contributed by atoms with van der Waals surface area (Å²) in [6.07, 6.45) is 0.00996. The number of benzene rings is 3. The lowest BCUT2D eigenvalue weighted by molar-refractivity contribution is -0.115. The largest absolute Gasteiger partial charge is 0.356 e. The molecule has 0 aliphatic heterocycles. The van der Waals surface area contributed by atoms with E-state index >= 15 is 0 Å². The van der Waals surface area contributed by atoms with Crippen LogP contribution in [0.1, 0.15) is 11.1 Å². The molecule has 126 valence electrons. The summed E-state index contributed by atoms with van der Waals surface area (Å²) in [6, 6.07) is 21.8. The van der Waals surface area contributed by atoms with Crippen LogP contribution in [0.3, 0.4) is 0 Å². The number of anilines is 3. The SMILES string of the molecule is Cc1ccc(Nc2ccc(NC(=O)Cc3ccccc3F)cc2)cc1. The van der Waals surface area contributed by atoms with Gasteiger partial charge in [-0.1, -0.05) is 35.9 Å². The highest BCUT2D eigenvalue weighted by Gasteiger charge is 2.08. The number of carbonyl (C=O) groups excluding carboxylic acids is 1. The molecule has 0 saturated heterocycles. The summed E-state index contributed by atoms with van der Waals surface area (Å²) in [5, 5.41) is 6.08. The van der Waals surface area contributed by atoms with Crippen LogP contribution >= 0.6 is 0 Å². The lowest BCUT2D eigenvalue weighted by Crippen LogP contribution is -2.15. The standard InChI is InChI=1S/C21H19FN2O/c1-15-6-8-17(9-7-15)23-18-10-12-19(13-11-18)24-21(25)14-16-4-2-3-5-20(16)22/h2-13,23H,14H2,1H3,(H,24,25). The van der Waals surface area contributed by atoms with Crippen LogP contribution in [-0.4, -0.2) is 5.91 Å². The second-order valence-electron chi connectivity index (χ2n) is 5.88. The average molecular weight is 334 g/mol. The summed E-state index contributed by atoms with van der Waals surface area (Å²) in [4.78, 5) is 12.0. The normalized spacial score (nSPS) is 10.3. The predicted octanol–water partition coefficient (Wildman–Crippen LogP) is 5.06. The Morgan fingerprint density at radius 1 is 0.840 bits per heavy atom. The number of aryl methyl sites for hydroxylation is 1. The first-order valence-electron chi connectivity index (χ1n) is 8.07. The van der Waals surface area contributed by atoms with Gasteiger partial charge in [0.1, 0.15) is 5.82 Å². The maximum Gasteiger partial charge on any atom is 0.228 e. The Morgan fingerprint density at radius 3 is 2.04 bits per heavy atom. The Morgan fingerprint density at radius 2 is 1.40 bits per heavy atom. The van der Waals surface area contributed by atoms with Crippen molar-refractivity contribution in [2.75, 3.05) is 10.6 Å². The number of hydrogen-bond donors (Lipinski definition) is 2. The molecule has 0 unspecified atom stereocenters. The van der Waals surface area contributed by atoms with E-state index in [1.165, 1.54) is 11.6 Å². The van der Waals surface area contributed by atoms with Gasteiger partial charge in [-0.05, 0) is 55.0 Å². The first-order valence-corrected chi connectivity index (χ1v) is 8.07. The van der Waals surface area contributed by atoms with Crippen LogP contribution in [0.2, 0.25) is 0 Å². The van der Waals surface area contributed by atoms with Crippen molar-refractivity contribution < 1.29 is 9.18 Å². The first-order chi connectivity index (χ1) is 12.1. The molecule has 3 rings (SSSR count). The molecular formula is C21H19FN2O. The molecule has 0 spiro atoms. The molecule has 3 aromatic carbocycles. The van der Waals surface area contributed by atoms with Gasteiger partial charge in [-0.3, -0.25) is 4.79 Å². The van der Waals surface area contributed by atoms with E-state index in [9.17, 15) is 9.18 Å². The van der Waals surface area contributed by atoms with Gasteiger partial charge < -0.3 is 10.6 Å². The molecule has 0 bridgehead atoms. The molecular weight excluding hydrogens is 315 g/mol. The highest BCUT2D eigenvalue weighted by Crippen LogP contribution is 2.19. The number of halogens is 1. The van der Waals surface area contributed by atoms with Crippen molar-refractivity contribution >= 4 is 23.0 Å². The molecule has 0 aliphatic rings. The molecule has 3 aromatic rings. The molecule has 0 fully saturated rings. The van der Waals surface area contributed by atoms with Gasteiger partial charge in [-0.15, -0.1) is 0 Å². The van der Waals surface area contributed by atoms with Crippen molar-refractivity contribution in [3.05, 3.63) is 89.7 Å². The fourth-order valence-corrected chi connectivity index (χ4v) is 2.46. The van der Waals surface area contributed by atoms with E-state index in [0.29, 0.717) is 11.3 Å². The summed E-state index contributed by atoms with van der Waals surface area (Å²) < 4.78 is 13.6. The Kier molecular flexibility index (Phi) is 5.09. The molecule has 0 radical (unpaired) electrons. The van der Waals surface area contributed by atoms with Crippen molar-refractivity contribution in [2.45, 2.75) is 13.3 Å². The van der Waals surface area contributed by atoms with Gasteiger partial charge in [-0.25, -0.2) is 4.39 Å². The number of amides is 1. The maximum absolute atomic E-state index is 13.6. The molecule has 4 heteroatoms. The Balaban J connectivity index is 1.59. The van der Waals surface area contributed by atoms with Crippen molar-refractivity contribution in [1.82, 2.24) is 0 Å². The summed E-state index contributed by atoms with van der Waals surface area (Å²) in [5.41, 5.74) is 4.20. The van der Waals surface area contributed by atoms with Crippen LogP contribution in [-0.2, 0) is 11.2 Å². The fourth-order valence-electron chi connectivity index (χ4n) is 2.46. The van der Waals surface area contributed by atoms with E-state index in [4.69, 9.17) is 0 Å². The number of rotatable bonds is 5. The van der Waals surface area contributed by atoms with E-state index in [1.54, 1.807) is 18.2 Å². The second kappa shape index (κ2) is 7.62. The minimum atomic E-state index is -0.365. The highest BCUT2D eigenvalue weighted by molar-refractivity contribution is 5.92. The van der Waals surface area contributed by atoms with Crippen LogP contribution in [0.5, 0.6) is 0 Å². The molecule has 25 heavy (non-hydrogen) atoms. The smallest absolute Gasteiger partial charge is 0.228 e. The van der Waals surface area contributed by atoms with E-state index in [2.05, 4.69) is 10.6 Å². The summed E-state index contributed by atoms with van der Waals surface area (Å²) >= 11 is 0. The quantitative estimate of drug-likeness (QED) is 0.685. The predicted molar refractivity (Wildman–Crippen MR) is 99.6 cm³/mol. The zero-order chi connectivity index (χ0) is 17.6. The second-order valence-corrected chi connectivity index (χ2v) is 5.88. The van der Waals surface area contributed by atoms with Gasteiger partial charge in [-0.2, -0.15) is 0 Å². The van der Waals surface area contributed by atoms with Gasteiger partial charge in [0.25, 0.3) is 0 Å². The molecule has 0 atom stereocenters. The number of nitrogens with one attached hydrogen (secondary N) is 2. The van der Waals surface area contributed by atoms with Gasteiger partial charge in [0.15, 0.2) is 0 Å². The zero-order valence-electron chi connectivity index (χ0n) is 13.9. The van der Waals surface area contributed by atoms with Crippen LogP contribution in [0.15, 0.2) is 72.8 Å². The topological polar surface area (TPSA) is 41.1 Å². The minimum absolute atomic E-state index is 0.00996. The van der Waals surface area contributed by atoms with Crippen LogP contribution < -0.4 is 10.6 Å². The minimum Gasteiger partial charge on any atom is -0.356 e. The summed E-state index contributed by atoms with van der Waals surface area (Å²) in [6.45, 7) is 2.04. The van der Waals surface area contributed by atoms with Crippen molar-refractivity contribution in [3.8, 4) is 0 Å². The third kappa shape index (κ3) is 4.67. The average Bonchev–Trinajstić information content (AvgIpc) is 2.61. The summed E-state index contributed by atoms with van der Waals surface area (Å²) in [5.74, 6) is -0.611. The maximum atomic E-state index is 13.6. The van der Waals surface area contributed by atoms with E-state index in [-0.39, 0.29) is 18.1 Å². The molecule has 3 nitrogen and oxygen atoms in total. The van der Waals surface area contributed by atoms with E-state index < -0.39 is 0 Å². The van der Waals surface area contributed by atoms with Gasteiger partial charge in [0.2, 0.25) is 5.91 Å². The molecule has 2 N–H and O–H groups in total. The van der Waals surface area contributed by atoms with Crippen LogP contribution in [0, 0.1) is 12.7 Å². The molecule has 0 aromatic heterocycles. The number of hydrogen-bond acceptors (Lipinski definition) is 2.